The molecule has 3 N–H and O–H groups in total. The van der Waals surface area contributed by atoms with Crippen LogP contribution in [0.2, 0.25) is 0 Å². The van der Waals surface area contributed by atoms with Crippen molar-refractivity contribution in [2.24, 2.45) is 0 Å². The lowest BCUT2D eigenvalue weighted by Crippen LogP contribution is -2.16. The normalized spacial score (nSPS) is 10.5. The first-order valence-corrected chi connectivity index (χ1v) is 3.30. The Hall–Kier alpha value is -1.23. The topological polar surface area (TPSA) is 44.2 Å². The molecule has 74 valence electrons. The lowest BCUT2D eigenvalue weighted by molar-refractivity contribution is -0.274. The van der Waals surface area contributed by atoms with E-state index >= 15 is 0 Å². The molecule has 0 aliphatic carbocycles. The van der Waals surface area contributed by atoms with E-state index in [1.807, 2.05) is 0 Å². The van der Waals surface area contributed by atoms with Gasteiger partial charge in [0, 0.05) is 0 Å². The molecule has 0 amide bonds. The molecule has 5 heteroatoms. The van der Waals surface area contributed by atoms with Crippen LogP contribution in [0.5, 0.6) is 5.75 Å². The summed E-state index contributed by atoms with van der Waals surface area (Å²) in [5, 5.41) is 0. The summed E-state index contributed by atoms with van der Waals surface area (Å²) in [6.45, 7) is 1.79. The van der Waals surface area contributed by atoms with Crippen LogP contribution in [0.4, 0.5) is 13.2 Å². The van der Waals surface area contributed by atoms with Crippen LogP contribution >= 0.6 is 0 Å². The number of aryl methyl sites for hydroxylation is 1. The van der Waals surface area contributed by atoms with Crippen LogP contribution in [0.1, 0.15) is 5.56 Å². The summed E-state index contributed by atoms with van der Waals surface area (Å²) in [4.78, 5) is 0. The quantitative estimate of drug-likeness (QED) is 0.744. The fourth-order valence-electron chi connectivity index (χ4n) is 0.740. The molecule has 1 aromatic rings. The van der Waals surface area contributed by atoms with Crippen molar-refractivity contribution in [2.45, 2.75) is 13.3 Å². The third-order valence-corrected chi connectivity index (χ3v) is 1.25. The van der Waals surface area contributed by atoms with Crippen LogP contribution in [0, 0.1) is 6.92 Å². The Morgan fingerprint density at radius 1 is 1.08 bits per heavy atom. The number of halogens is 3. The minimum atomic E-state index is -4.60. The summed E-state index contributed by atoms with van der Waals surface area (Å²) in [6, 6.07) is 5.67. The molecular weight excluding hydrogens is 183 g/mol. The maximum Gasteiger partial charge on any atom is 0.573 e. The highest BCUT2D eigenvalue weighted by molar-refractivity contribution is 5.26. The predicted molar refractivity (Wildman–Crippen MR) is 42.9 cm³/mol. The Bertz CT molecular complexity index is 255. The third kappa shape index (κ3) is 4.37. The van der Waals surface area contributed by atoms with Crippen LogP contribution in [0.25, 0.3) is 0 Å². The summed E-state index contributed by atoms with van der Waals surface area (Å²) < 4.78 is 38.5. The lowest BCUT2D eigenvalue weighted by atomic mass is 10.2. The van der Waals surface area contributed by atoms with Gasteiger partial charge in [0.25, 0.3) is 0 Å². The Labute approximate surface area is 73.9 Å². The molecule has 0 saturated heterocycles. The second-order valence-corrected chi connectivity index (χ2v) is 2.36. The number of hydrogen-bond acceptors (Lipinski definition) is 2. The summed E-state index contributed by atoms with van der Waals surface area (Å²) in [7, 11) is 0. The first kappa shape index (κ1) is 11.8. The van der Waals surface area contributed by atoms with Gasteiger partial charge in [0.05, 0.1) is 0 Å². The molecular formula is C8H10F3NO. The van der Waals surface area contributed by atoms with E-state index in [9.17, 15) is 13.2 Å². The molecule has 0 spiro atoms. The van der Waals surface area contributed by atoms with Gasteiger partial charge in [0.2, 0.25) is 0 Å². The second kappa shape index (κ2) is 4.13. The summed E-state index contributed by atoms with van der Waals surface area (Å²) in [5.74, 6) is -0.187. The highest BCUT2D eigenvalue weighted by Crippen LogP contribution is 2.22. The van der Waals surface area contributed by atoms with E-state index in [0.717, 1.165) is 5.56 Å². The molecule has 0 aromatic heterocycles. The van der Waals surface area contributed by atoms with Gasteiger partial charge < -0.3 is 10.9 Å². The van der Waals surface area contributed by atoms with E-state index in [0.29, 0.717) is 0 Å². The summed E-state index contributed by atoms with van der Waals surface area (Å²) in [5.41, 5.74) is 0.893. The van der Waals surface area contributed by atoms with Gasteiger partial charge in [-0.25, -0.2) is 0 Å². The molecule has 13 heavy (non-hydrogen) atoms. The lowest BCUT2D eigenvalue weighted by Gasteiger charge is -2.08. The van der Waals surface area contributed by atoms with Gasteiger partial charge in [-0.05, 0) is 19.1 Å². The SMILES string of the molecule is Cc1ccc(OC(F)(F)F)cc1.N. The van der Waals surface area contributed by atoms with Crippen molar-refractivity contribution in [3.05, 3.63) is 29.8 Å². The van der Waals surface area contributed by atoms with Crippen molar-refractivity contribution in [1.82, 2.24) is 6.15 Å². The number of hydrogen-bond donors (Lipinski definition) is 1. The van der Waals surface area contributed by atoms with Gasteiger partial charge in [0.15, 0.2) is 0 Å². The Morgan fingerprint density at radius 3 is 1.92 bits per heavy atom. The minimum absolute atomic E-state index is 0. The van der Waals surface area contributed by atoms with Crippen molar-refractivity contribution in [1.29, 1.82) is 0 Å². The standard InChI is InChI=1S/C8H7F3O.H3N/c1-6-2-4-7(5-3-6)12-8(9,10)11;/h2-5H,1H3;1H3. The van der Waals surface area contributed by atoms with Crippen molar-refractivity contribution in [2.75, 3.05) is 0 Å². The van der Waals surface area contributed by atoms with Crippen molar-refractivity contribution < 1.29 is 17.9 Å². The molecule has 0 radical (unpaired) electrons. The van der Waals surface area contributed by atoms with Gasteiger partial charge in [-0.15, -0.1) is 13.2 Å². The number of ether oxygens (including phenoxy) is 1. The van der Waals surface area contributed by atoms with Crippen LogP contribution < -0.4 is 10.9 Å². The van der Waals surface area contributed by atoms with Crippen molar-refractivity contribution in [3.8, 4) is 5.75 Å². The zero-order valence-electron chi connectivity index (χ0n) is 7.06. The Balaban J connectivity index is 0.00000144. The molecule has 0 atom stereocenters. The fourth-order valence-corrected chi connectivity index (χ4v) is 0.740. The molecule has 2 nitrogen and oxygen atoms in total. The second-order valence-electron chi connectivity index (χ2n) is 2.36. The summed E-state index contributed by atoms with van der Waals surface area (Å²) >= 11 is 0. The number of rotatable bonds is 1. The average molecular weight is 193 g/mol. The zero-order chi connectivity index (χ0) is 9.19. The number of benzene rings is 1. The fraction of sp³-hybridized carbons (Fsp3) is 0.250. The molecule has 0 heterocycles. The maximum absolute atomic E-state index is 11.6. The molecule has 0 bridgehead atoms. The van der Waals surface area contributed by atoms with Gasteiger partial charge in [-0.2, -0.15) is 0 Å². The zero-order valence-corrected chi connectivity index (χ0v) is 7.06. The minimum Gasteiger partial charge on any atom is -0.406 e. The highest BCUT2D eigenvalue weighted by atomic mass is 19.4. The Kier molecular flexibility index (Phi) is 3.74. The monoisotopic (exact) mass is 193 g/mol. The first-order valence-electron chi connectivity index (χ1n) is 3.30. The van der Waals surface area contributed by atoms with E-state index < -0.39 is 6.36 Å². The van der Waals surface area contributed by atoms with Gasteiger partial charge >= 0.3 is 6.36 Å². The molecule has 1 aromatic carbocycles. The van der Waals surface area contributed by atoms with Gasteiger partial charge in [-0.3, -0.25) is 0 Å². The molecule has 0 aliphatic rings. The molecule has 0 fully saturated rings. The average Bonchev–Trinajstić information content (AvgIpc) is 1.91. The third-order valence-electron chi connectivity index (χ3n) is 1.25. The van der Waals surface area contributed by atoms with Crippen molar-refractivity contribution >= 4 is 0 Å². The largest absolute Gasteiger partial charge is 0.573 e. The summed E-state index contributed by atoms with van der Waals surface area (Å²) in [6.07, 6.45) is -4.60. The molecule has 0 saturated carbocycles. The van der Waals surface area contributed by atoms with Crippen LogP contribution in [-0.2, 0) is 0 Å². The Morgan fingerprint density at radius 2 is 1.54 bits per heavy atom. The highest BCUT2D eigenvalue weighted by Gasteiger charge is 2.30. The molecule has 1 rings (SSSR count). The van der Waals surface area contributed by atoms with E-state index in [4.69, 9.17) is 0 Å². The van der Waals surface area contributed by atoms with Gasteiger partial charge in [-0.1, -0.05) is 17.7 Å². The first-order chi connectivity index (χ1) is 5.47. The number of alkyl halides is 3. The van der Waals surface area contributed by atoms with Crippen LogP contribution in [-0.4, -0.2) is 6.36 Å². The van der Waals surface area contributed by atoms with Crippen molar-refractivity contribution in [3.63, 3.8) is 0 Å². The predicted octanol–water partition coefficient (Wildman–Crippen LogP) is 3.06. The smallest absolute Gasteiger partial charge is 0.406 e. The van der Waals surface area contributed by atoms with E-state index in [1.54, 1.807) is 19.1 Å². The molecule has 0 unspecified atom stereocenters. The van der Waals surface area contributed by atoms with E-state index in [-0.39, 0.29) is 11.9 Å². The maximum atomic E-state index is 11.6. The van der Waals surface area contributed by atoms with Crippen LogP contribution in [0.15, 0.2) is 24.3 Å². The van der Waals surface area contributed by atoms with Crippen LogP contribution in [0.3, 0.4) is 0 Å². The van der Waals surface area contributed by atoms with E-state index in [2.05, 4.69) is 4.74 Å². The van der Waals surface area contributed by atoms with E-state index in [1.165, 1.54) is 12.1 Å². The molecule has 0 aliphatic heterocycles. The van der Waals surface area contributed by atoms with Gasteiger partial charge in [0.1, 0.15) is 5.75 Å².